The first-order valence-electron chi connectivity index (χ1n) is 11.5. The summed E-state index contributed by atoms with van der Waals surface area (Å²) in [6, 6.07) is 26.6. The first-order chi connectivity index (χ1) is 14.8. The van der Waals surface area contributed by atoms with Crippen molar-refractivity contribution in [2.45, 2.75) is 65.2 Å². The zero-order chi connectivity index (χ0) is 21.0. The summed E-state index contributed by atoms with van der Waals surface area (Å²) in [5.74, 6) is 6.57. The summed E-state index contributed by atoms with van der Waals surface area (Å²) in [5, 5.41) is 0. The molecule has 0 heterocycles. The van der Waals surface area contributed by atoms with Crippen LogP contribution in [0.5, 0.6) is 0 Å². The Labute approximate surface area is 183 Å². The number of rotatable bonds is 9. The Morgan fingerprint density at radius 1 is 0.433 bits per heavy atom. The lowest BCUT2D eigenvalue weighted by molar-refractivity contribution is 0.717. The minimum absolute atomic E-state index is 1.07. The molecule has 0 fully saturated rings. The minimum Gasteiger partial charge on any atom is -0.0654 e. The molecule has 0 aliphatic carbocycles. The second kappa shape index (κ2) is 12.0. The number of benzene rings is 3. The second-order valence-electron chi connectivity index (χ2n) is 8.17. The molecule has 0 saturated heterocycles. The highest BCUT2D eigenvalue weighted by Gasteiger charge is 1.99. The lowest BCUT2D eigenvalue weighted by Crippen LogP contribution is -1.93. The van der Waals surface area contributed by atoms with Gasteiger partial charge >= 0.3 is 0 Å². The van der Waals surface area contributed by atoms with Crippen LogP contribution in [0.15, 0.2) is 72.8 Å². The predicted molar refractivity (Wildman–Crippen MR) is 130 cm³/mol. The molecule has 0 bridgehead atoms. The molecule has 0 aliphatic rings. The monoisotopic (exact) mass is 394 g/mol. The van der Waals surface area contributed by atoms with Gasteiger partial charge in [-0.15, -0.1) is 0 Å². The van der Waals surface area contributed by atoms with Crippen molar-refractivity contribution in [3.63, 3.8) is 0 Å². The van der Waals surface area contributed by atoms with E-state index in [0.29, 0.717) is 0 Å². The van der Waals surface area contributed by atoms with Gasteiger partial charge in [-0.05, 0) is 78.6 Å². The van der Waals surface area contributed by atoms with E-state index in [1.54, 1.807) is 0 Å². The highest BCUT2D eigenvalue weighted by molar-refractivity contribution is 5.44. The summed E-state index contributed by atoms with van der Waals surface area (Å²) < 4.78 is 0. The van der Waals surface area contributed by atoms with Crippen LogP contribution in [0, 0.1) is 11.8 Å². The highest BCUT2D eigenvalue weighted by Crippen LogP contribution is 2.13. The SMILES string of the molecule is CCCCCc1ccc(CCc2ccc(C#Cc3ccc(CCC)cc3)cc2)cc1. The molecule has 0 nitrogen and oxygen atoms in total. The Kier molecular flexibility index (Phi) is 8.80. The Hall–Kier alpha value is -2.78. The first-order valence-corrected chi connectivity index (χ1v) is 11.5. The van der Waals surface area contributed by atoms with E-state index in [9.17, 15) is 0 Å². The molecule has 154 valence electrons. The van der Waals surface area contributed by atoms with Crippen LogP contribution < -0.4 is 0 Å². The van der Waals surface area contributed by atoms with Gasteiger partial charge in [0.15, 0.2) is 0 Å². The molecule has 0 aliphatic heterocycles. The van der Waals surface area contributed by atoms with Crippen LogP contribution in [-0.4, -0.2) is 0 Å². The lowest BCUT2D eigenvalue weighted by atomic mass is 10.0. The molecule has 0 amide bonds. The highest BCUT2D eigenvalue weighted by atomic mass is 14.0. The maximum Gasteiger partial charge on any atom is 0.0249 e. The van der Waals surface area contributed by atoms with Crippen molar-refractivity contribution >= 4 is 0 Å². The quantitative estimate of drug-likeness (QED) is 0.259. The Morgan fingerprint density at radius 3 is 1.27 bits per heavy atom. The molecular formula is C30H34. The summed E-state index contributed by atoms with van der Waals surface area (Å²) in [7, 11) is 0. The molecule has 0 heteroatoms. The average molecular weight is 395 g/mol. The fourth-order valence-electron chi connectivity index (χ4n) is 3.68. The maximum absolute atomic E-state index is 3.29. The smallest absolute Gasteiger partial charge is 0.0249 e. The van der Waals surface area contributed by atoms with Gasteiger partial charge < -0.3 is 0 Å². The van der Waals surface area contributed by atoms with Crippen molar-refractivity contribution in [2.24, 2.45) is 0 Å². The molecule has 0 saturated carbocycles. The molecule has 0 radical (unpaired) electrons. The molecule has 0 spiro atoms. The molecule has 0 N–H and O–H groups in total. The largest absolute Gasteiger partial charge is 0.0654 e. The minimum atomic E-state index is 1.07. The van der Waals surface area contributed by atoms with Gasteiger partial charge in [-0.2, -0.15) is 0 Å². The molecule has 0 unspecified atom stereocenters. The average Bonchev–Trinajstić information content (AvgIpc) is 2.79. The standard InChI is InChI=1S/C30H34/c1-3-5-6-8-26-11-15-28(16-12-26)18-20-30-23-21-29(22-24-30)19-17-27-13-9-25(7-4-2)10-14-27/h9-16,21-24H,3-8,18,20H2,1-2H3. The van der Waals surface area contributed by atoms with E-state index in [-0.39, 0.29) is 0 Å². The van der Waals surface area contributed by atoms with Crippen LogP contribution in [0.3, 0.4) is 0 Å². The number of hydrogen-bond acceptors (Lipinski definition) is 0. The summed E-state index contributed by atoms with van der Waals surface area (Å²) >= 11 is 0. The molecule has 3 rings (SSSR count). The molecule has 3 aromatic carbocycles. The van der Waals surface area contributed by atoms with Gasteiger partial charge in [-0.3, -0.25) is 0 Å². The van der Waals surface area contributed by atoms with Gasteiger partial charge in [0.25, 0.3) is 0 Å². The third-order valence-electron chi connectivity index (χ3n) is 5.59. The zero-order valence-corrected chi connectivity index (χ0v) is 18.6. The van der Waals surface area contributed by atoms with Crippen molar-refractivity contribution in [3.05, 3.63) is 106 Å². The van der Waals surface area contributed by atoms with E-state index in [1.807, 2.05) is 0 Å². The Bertz CT molecular complexity index is 932. The van der Waals surface area contributed by atoms with Crippen LogP contribution >= 0.6 is 0 Å². The molecule has 3 aromatic rings. The maximum atomic E-state index is 3.29. The van der Waals surface area contributed by atoms with Gasteiger partial charge in [0, 0.05) is 11.1 Å². The summed E-state index contributed by atoms with van der Waals surface area (Å²) in [5.41, 5.74) is 7.81. The summed E-state index contributed by atoms with van der Waals surface area (Å²) in [6.07, 6.45) is 9.60. The van der Waals surface area contributed by atoms with Crippen molar-refractivity contribution < 1.29 is 0 Å². The molecule has 0 atom stereocenters. The van der Waals surface area contributed by atoms with Crippen LogP contribution in [0.1, 0.15) is 72.9 Å². The zero-order valence-electron chi connectivity index (χ0n) is 18.6. The van der Waals surface area contributed by atoms with Crippen LogP contribution in [0.25, 0.3) is 0 Å². The number of aryl methyl sites for hydroxylation is 4. The summed E-state index contributed by atoms with van der Waals surface area (Å²) in [6.45, 7) is 4.47. The predicted octanol–water partition coefficient (Wildman–Crippen LogP) is 7.56. The van der Waals surface area contributed by atoms with Crippen molar-refractivity contribution in [2.75, 3.05) is 0 Å². The Balaban J connectivity index is 1.50. The first kappa shape index (κ1) is 21.9. The topological polar surface area (TPSA) is 0 Å². The number of hydrogen-bond donors (Lipinski definition) is 0. The van der Waals surface area contributed by atoms with Gasteiger partial charge in [-0.1, -0.05) is 93.5 Å². The van der Waals surface area contributed by atoms with Gasteiger partial charge in [0.05, 0.1) is 0 Å². The Morgan fingerprint density at radius 2 is 0.833 bits per heavy atom. The van der Waals surface area contributed by atoms with Gasteiger partial charge in [0.1, 0.15) is 0 Å². The fraction of sp³-hybridized carbons (Fsp3) is 0.333. The third-order valence-corrected chi connectivity index (χ3v) is 5.59. The van der Waals surface area contributed by atoms with E-state index in [2.05, 4.69) is 98.5 Å². The normalized spacial score (nSPS) is 10.5. The van der Waals surface area contributed by atoms with E-state index in [1.165, 1.54) is 54.4 Å². The third kappa shape index (κ3) is 7.23. The van der Waals surface area contributed by atoms with Crippen LogP contribution in [0.2, 0.25) is 0 Å². The number of unbranched alkanes of at least 4 members (excludes halogenated alkanes) is 2. The molecular weight excluding hydrogens is 360 g/mol. The van der Waals surface area contributed by atoms with Crippen LogP contribution in [0.4, 0.5) is 0 Å². The van der Waals surface area contributed by atoms with Gasteiger partial charge in [-0.25, -0.2) is 0 Å². The van der Waals surface area contributed by atoms with E-state index >= 15 is 0 Å². The van der Waals surface area contributed by atoms with Crippen LogP contribution in [-0.2, 0) is 25.7 Å². The van der Waals surface area contributed by atoms with Crippen molar-refractivity contribution in [1.82, 2.24) is 0 Å². The van der Waals surface area contributed by atoms with Gasteiger partial charge in [0.2, 0.25) is 0 Å². The lowest BCUT2D eigenvalue weighted by Gasteiger charge is -2.05. The van der Waals surface area contributed by atoms with E-state index < -0.39 is 0 Å². The summed E-state index contributed by atoms with van der Waals surface area (Å²) in [4.78, 5) is 0. The van der Waals surface area contributed by atoms with E-state index in [0.717, 1.165) is 30.4 Å². The fourth-order valence-corrected chi connectivity index (χ4v) is 3.68. The van der Waals surface area contributed by atoms with Crippen molar-refractivity contribution in [3.8, 4) is 11.8 Å². The van der Waals surface area contributed by atoms with Crippen molar-refractivity contribution in [1.29, 1.82) is 0 Å². The second-order valence-corrected chi connectivity index (χ2v) is 8.17. The molecule has 30 heavy (non-hydrogen) atoms. The van der Waals surface area contributed by atoms with E-state index in [4.69, 9.17) is 0 Å². The molecule has 0 aromatic heterocycles.